The van der Waals surface area contributed by atoms with Gasteiger partial charge in [-0.05, 0) is 73.4 Å². The highest BCUT2D eigenvalue weighted by atomic mass is 19.1. The van der Waals surface area contributed by atoms with E-state index in [1.165, 1.54) is 35.6 Å². The van der Waals surface area contributed by atoms with Crippen LogP contribution in [-0.2, 0) is 6.42 Å². The van der Waals surface area contributed by atoms with E-state index in [9.17, 15) is 9.18 Å². The molecule has 2 heteroatoms. The van der Waals surface area contributed by atoms with Crippen molar-refractivity contribution in [3.8, 4) is 0 Å². The van der Waals surface area contributed by atoms with Gasteiger partial charge in [-0.3, -0.25) is 4.79 Å². The van der Waals surface area contributed by atoms with Crippen LogP contribution >= 0.6 is 0 Å². The number of fused-ring (bicyclic) bond motifs is 1. The van der Waals surface area contributed by atoms with E-state index in [0.29, 0.717) is 18.1 Å². The largest absolute Gasteiger partial charge is 0.294 e. The number of carbonyl (C=O) groups is 1. The summed E-state index contributed by atoms with van der Waals surface area (Å²) in [6.45, 7) is 4.05. The normalized spacial score (nSPS) is 16.0. The molecule has 0 bridgehead atoms. The number of aryl methyl sites for hydroxylation is 3. The number of halogens is 1. The average Bonchev–Trinajstić information content (AvgIpc) is 3.27. The Labute approximate surface area is 131 Å². The zero-order chi connectivity index (χ0) is 15.7. The minimum Gasteiger partial charge on any atom is -0.294 e. The van der Waals surface area contributed by atoms with Crippen molar-refractivity contribution < 1.29 is 9.18 Å². The topological polar surface area (TPSA) is 17.1 Å². The molecule has 0 N–H and O–H groups in total. The molecule has 22 heavy (non-hydrogen) atoms. The van der Waals surface area contributed by atoms with Gasteiger partial charge >= 0.3 is 0 Å². The summed E-state index contributed by atoms with van der Waals surface area (Å²) in [6.07, 6.45) is 4.13. The van der Waals surface area contributed by atoms with Gasteiger partial charge in [-0.2, -0.15) is 0 Å². The molecule has 2 aliphatic carbocycles. The first-order valence-corrected chi connectivity index (χ1v) is 7.94. The second-order valence-electron chi connectivity index (χ2n) is 6.31. The van der Waals surface area contributed by atoms with Crippen LogP contribution in [-0.4, -0.2) is 5.78 Å². The van der Waals surface area contributed by atoms with Crippen molar-refractivity contribution in [1.82, 2.24) is 0 Å². The molecule has 0 radical (unpaired) electrons. The summed E-state index contributed by atoms with van der Waals surface area (Å²) in [6, 6.07) is 11.1. The molecule has 1 saturated carbocycles. The third-order valence-electron chi connectivity index (χ3n) is 4.52. The summed E-state index contributed by atoms with van der Waals surface area (Å²) >= 11 is 0. The first kappa shape index (κ1) is 15.0. The number of rotatable bonds is 1. The molecular weight excluding hydrogens is 275 g/mol. The van der Waals surface area contributed by atoms with Gasteiger partial charge in [0.1, 0.15) is 5.82 Å². The van der Waals surface area contributed by atoms with Gasteiger partial charge in [-0.25, -0.2) is 4.39 Å². The second kappa shape index (κ2) is 6.04. The van der Waals surface area contributed by atoms with Crippen molar-refractivity contribution in [3.05, 3.63) is 70.0 Å². The van der Waals surface area contributed by atoms with E-state index in [4.69, 9.17) is 0 Å². The third kappa shape index (κ3) is 3.11. The van der Waals surface area contributed by atoms with Gasteiger partial charge in [0.2, 0.25) is 0 Å². The molecule has 0 amide bonds. The van der Waals surface area contributed by atoms with Crippen LogP contribution in [0, 0.1) is 19.7 Å². The van der Waals surface area contributed by atoms with E-state index < -0.39 is 0 Å². The lowest BCUT2D eigenvalue weighted by molar-refractivity contribution is 0.0994. The molecule has 2 aromatic rings. The van der Waals surface area contributed by atoms with Crippen molar-refractivity contribution in [1.29, 1.82) is 0 Å². The van der Waals surface area contributed by atoms with Gasteiger partial charge < -0.3 is 0 Å². The highest BCUT2D eigenvalue weighted by Gasteiger charge is 2.25. The maximum absolute atomic E-state index is 12.7. The SMILES string of the molecule is Cc1ccc(F)cc1C1CC1.Cc1cccc2c1C(=O)CC2. The van der Waals surface area contributed by atoms with Crippen LogP contribution in [0.5, 0.6) is 0 Å². The van der Waals surface area contributed by atoms with Crippen molar-refractivity contribution in [2.45, 2.75) is 45.4 Å². The van der Waals surface area contributed by atoms with Gasteiger partial charge in [-0.15, -0.1) is 0 Å². The Bertz CT molecular complexity index is 714. The van der Waals surface area contributed by atoms with Gasteiger partial charge in [0.25, 0.3) is 0 Å². The Morgan fingerprint density at radius 3 is 2.45 bits per heavy atom. The molecule has 0 aliphatic heterocycles. The minimum absolute atomic E-state index is 0.0995. The molecular formula is C20H21FO. The number of hydrogen-bond acceptors (Lipinski definition) is 1. The quantitative estimate of drug-likeness (QED) is 0.712. The number of hydrogen-bond donors (Lipinski definition) is 0. The third-order valence-corrected chi connectivity index (χ3v) is 4.52. The fourth-order valence-corrected chi connectivity index (χ4v) is 3.15. The Morgan fingerprint density at radius 2 is 1.77 bits per heavy atom. The summed E-state index contributed by atoms with van der Waals surface area (Å²) in [5, 5.41) is 0. The molecule has 1 fully saturated rings. The standard InChI is InChI=1S/C10H11F.C10H10O/c1-7-2-5-9(11)6-10(7)8-3-4-8;1-7-3-2-4-8-5-6-9(11)10(7)8/h2,5-6,8H,3-4H2,1H3;2-4H,5-6H2,1H3. The van der Waals surface area contributed by atoms with Crippen LogP contribution in [0.2, 0.25) is 0 Å². The van der Waals surface area contributed by atoms with Crippen LogP contribution in [0.25, 0.3) is 0 Å². The highest BCUT2D eigenvalue weighted by molar-refractivity contribution is 6.01. The van der Waals surface area contributed by atoms with Crippen LogP contribution < -0.4 is 0 Å². The van der Waals surface area contributed by atoms with Crippen molar-refractivity contribution in [2.24, 2.45) is 0 Å². The Kier molecular flexibility index (Phi) is 4.10. The molecule has 0 heterocycles. The fourth-order valence-electron chi connectivity index (χ4n) is 3.15. The molecule has 4 rings (SSSR count). The minimum atomic E-state index is -0.0995. The number of Topliss-reactive ketones (excluding diaryl/α,β-unsaturated/α-hetero) is 1. The van der Waals surface area contributed by atoms with Crippen molar-refractivity contribution in [2.75, 3.05) is 0 Å². The average molecular weight is 296 g/mol. The maximum atomic E-state index is 12.7. The van der Waals surface area contributed by atoms with E-state index in [0.717, 1.165) is 17.5 Å². The lowest BCUT2D eigenvalue weighted by Crippen LogP contribution is -1.94. The van der Waals surface area contributed by atoms with Gasteiger partial charge in [0, 0.05) is 12.0 Å². The molecule has 0 saturated heterocycles. The van der Waals surface area contributed by atoms with Crippen molar-refractivity contribution >= 4 is 5.78 Å². The monoisotopic (exact) mass is 296 g/mol. The lowest BCUT2D eigenvalue weighted by atomic mass is 10.0. The maximum Gasteiger partial charge on any atom is 0.163 e. The Hall–Kier alpha value is -1.96. The first-order chi connectivity index (χ1) is 10.6. The smallest absolute Gasteiger partial charge is 0.163 e. The zero-order valence-electron chi connectivity index (χ0n) is 13.2. The molecule has 0 spiro atoms. The number of carbonyl (C=O) groups excluding carboxylic acids is 1. The summed E-state index contributed by atoms with van der Waals surface area (Å²) in [4.78, 5) is 11.3. The van der Waals surface area contributed by atoms with Crippen LogP contribution in [0.15, 0.2) is 36.4 Å². The molecule has 0 aromatic heterocycles. The lowest BCUT2D eigenvalue weighted by Gasteiger charge is -2.02. The predicted octanol–water partition coefficient (Wildman–Crippen LogP) is 5.14. The van der Waals surface area contributed by atoms with Crippen LogP contribution in [0.4, 0.5) is 4.39 Å². The summed E-state index contributed by atoms with van der Waals surface area (Å²) < 4.78 is 12.7. The fraction of sp³-hybridized carbons (Fsp3) is 0.350. The van der Waals surface area contributed by atoms with Gasteiger partial charge in [0.05, 0.1) is 0 Å². The Morgan fingerprint density at radius 1 is 1.00 bits per heavy atom. The molecule has 0 unspecified atom stereocenters. The molecule has 2 aliphatic rings. The van der Waals surface area contributed by atoms with Gasteiger partial charge in [-0.1, -0.05) is 24.3 Å². The van der Waals surface area contributed by atoms with Crippen LogP contribution in [0.3, 0.4) is 0 Å². The summed E-state index contributed by atoms with van der Waals surface area (Å²) in [5.74, 6) is 0.876. The van der Waals surface area contributed by atoms with E-state index >= 15 is 0 Å². The van der Waals surface area contributed by atoms with E-state index in [1.807, 2.05) is 38.1 Å². The summed E-state index contributed by atoms with van der Waals surface area (Å²) in [5.41, 5.74) is 5.78. The first-order valence-electron chi connectivity index (χ1n) is 7.94. The predicted molar refractivity (Wildman–Crippen MR) is 86.9 cm³/mol. The Balaban J connectivity index is 0.000000131. The number of ketones is 1. The zero-order valence-corrected chi connectivity index (χ0v) is 13.2. The van der Waals surface area contributed by atoms with E-state index in [1.54, 1.807) is 6.07 Å². The highest BCUT2D eigenvalue weighted by Crippen LogP contribution is 2.41. The second-order valence-corrected chi connectivity index (χ2v) is 6.31. The van der Waals surface area contributed by atoms with Crippen LogP contribution in [0.1, 0.15) is 57.8 Å². The van der Waals surface area contributed by atoms with E-state index in [-0.39, 0.29) is 5.82 Å². The number of benzene rings is 2. The van der Waals surface area contributed by atoms with Crippen molar-refractivity contribution in [3.63, 3.8) is 0 Å². The van der Waals surface area contributed by atoms with E-state index in [2.05, 4.69) is 0 Å². The molecule has 1 nitrogen and oxygen atoms in total. The van der Waals surface area contributed by atoms with Gasteiger partial charge in [0.15, 0.2) is 5.78 Å². The molecule has 0 atom stereocenters. The molecule has 114 valence electrons. The molecule has 2 aromatic carbocycles. The summed E-state index contributed by atoms with van der Waals surface area (Å²) in [7, 11) is 0.